The number of nitrogens with zero attached hydrogens (tertiary/aromatic N) is 2. The first kappa shape index (κ1) is 12.6. The Balaban J connectivity index is 2.09. The molecule has 1 atom stereocenters. The van der Waals surface area contributed by atoms with Gasteiger partial charge in [-0.25, -0.2) is 9.78 Å². The second-order valence-corrected chi connectivity index (χ2v) is 4.71. The molecule has 2 heterocycles. The fourth-order valence-corrected chi connectivity index (χ4v) is 2.22. The van der Waals surface area contributed by atoms with E-state index in [1.807, 2.05) is 0 Å². The minimum atomic E-state index is -1.03. The highest BCUT2D eigenvalue weighted by molar-refractivity contribution is 5.94. The van der Waals surface area contributed by atoms with Crippen molar-refractivity contribution in [3.8, 4) is 0 Å². The van der Waals surface area contributed by atoms with Crippen LogP contribution in [-0.4, -0.2) is 47.1 Å². The van der Waals surface area contributed by atoms with Crippen molar-refractivity contribution in [1.29, 1.82) is 0 Å². The Kier molecular flexibility index (Phi) is 3.66. The number of aromatic carboxylic acids is 1. The molecule has 1 saturated heterocycles. The Labute approximate surface area is 106 Å². The number of carbonyl (C=O) groups is 1. The van der Waals surface area contributed by atoms with Gasteiger partial charge in [-0.15, -0.1) is 0 Å². The normalized spacial score (nSPS) is 20.6. The molecule has 6 nitrogen and oxygen atoms in total. The van der Waals surface area contributed by atoms with Crippen LogP contribution in [0, 0.1) is 0 Å². The number of anilines is 2. The monoisotopic (exact) mass is 250 g/mol. The van der Waals surface area contributed by atoms with Gasteiger partial charge in [0.15, 0.2) is 0 Å². The molecular weight excluding hydrogens is 232 g/mol. The summed E-state index contributed by atoms with van der Waals surface area (Å²) in [6.45, 7) is 2.04. The number of nitrogen functional groups attached to an aromatic ring is 1. The van der Waals surface area contributed by atoms with E-state index in [4.69, 9.17) is 10.8 Å². The zero-order valence-corrected chi connectivity index (χ0v) is 10.4. The number of likely N-dealkylation sites (N-methyl/N-ethyl adjacent to an activating group) is 1. The number of nitrogens with one attached hydrogen (secondary N) is 1. The van der Waals surface area contributed by atoms with E-state index in [0.29, 0.717) is 11.9 Å². The molecule has 2 rings (SSSR count). The van der Waals surface area contributed by atoms with E-state index in [0.717, 1.165) is 25.9 Å². The zero-order chi connectivity index (χ0) is 13.1. The van der Waals surface area contributed by atoms with E-state index in [2.05, 4.69) is 22.2 Å². The Hall–Kier alpha value is -1.82. The maximum Gasteiger partial charge on any atom is 0.337 e. The van der Waals surface area contributed by atoms with Gasteiger partial charge in [-0.05, 0) is 32.5 Å². The number of rotatable bonds is 3. The summed E-state index contributed by atoms with van der Waals surface area (Å²) in [5.74, 6) is -0.458. The van der Waals surface area contributed by atoms with Gasteiger partial charge in [-0.1, -0.05) is 0 Å². The van der Waals surface area contributed by atoms with Crippen LogP contribution in [0.15, 0.2) is 12.3 Å². The fraction of sp³-hybridized carbons (Fsp3) is 0.500. The third-order valence-electron chi connectivity index (χ3n) is 3.14. The van der Waals surface area contributed by atoms with Crippen LogP contribution in [0.3, 0.4) is 0 Å². The summed E-state index contributed by atoms with van der Waals surface area (Å²) in [6, 6.07) is 1.80. The summed E-state index contributed by atoms with van der Waals surface area (Å²) in [5, 5.41) is 12.3. The lowest BCUT2D eigenvalue weighted by Crippen LogP contribution is -2.39. The minimum Gasteiger partial charge on any atom is -0.478 e. The number of hydrogen-bond donors (Lipinski definition) is 3. The molecule has 0 amide bonds. The SMILES string of the molecule is CN1CCCC(Nc2cc(C(=O)O)c(N)cn2)C1. The molecule has 0 radical (unpaired) electrons. The van der Waals surface area contributed by atoms with Crippen LogP contribution in [0.25, 0.3) is 0 Å². The zero-order valence-electron chi connectivity index (χ0n) is 10.4. The van der Waals surface area contributed by atoms with Crippen molar-refractivity contribution in [2.45, 2.75) is 18.9 Å². The minimum absolute atomic E-state index is 0.0941. The predicted octanol–water partition coefficient (Wildman–Crippen LogP) is 0.868. The molecule has 0 bridgehead atoms. The predicted molar refractivity (Wildman–Crippen MR) is 69.8 cm³/mol. The number of carboxylic acids is 1. The molecule has 0 aromatic carbocycles. The van der Waals surface area contributed by atoms with Crippen LogP contribution in [-0.2, 0) is 0 Å². The maximum atomic E-state index is 11.0. The average molecular weight is 250 g/mol. The van der Waals surface area contributed by atoms with E-state index in [1.165, 1.54) is 12.3 Å². The van der Waals surface area contributed by atoms with Gasteiger partial charge < -0.3 is 21.1 Å². The van der Waals surface area contributed by atoms with E-state index >= 15 is 0 Å². The van der Waals surface area contributed by atoms with Crippen molar-refractivity contribution in [2.75, 3.05) is 31.2 Å². The number of piperidine rings is 1. The van der Waals surface area contributed by atoms with Gasteiger partial charge in [0.1, 0.15) is 5.82 Å². The summed E-state index contributed by atoms with van der Waals surface area (Å²) in [6.07, 6.45) is 3.59. The smallest absolute Gasteiger partial charge is 0.337 e. The van der Waals surface area contributed by atoms with Crippen LogP contribution in [0.4, 0.5) is 11.5 Å². The molecule has 0 aliphatic carbocycles. The van der Waals surface area contributed by atoms with Crippen LogP contribution < -0.4 is 11.1 Å². The third kappa shape index (κ3) is 2.89. The van der Waals surface area contributed by atoms with Crippen molar-refractivity contribution in [1.82, 2.24) is 9.88 Å². The number of hydrogen-bond acceptors (Lipinski definition) is 5. The molecule has 0 saturated carbocycles. The summed E-state index contributed by atoms with van der Waals surface area (Å²) in [5.41, 5.74) is 5.85. The van der Waals surface area contributed by atoms with E-state index < -0.39 is 5.97 Å². The lowest BCUT2D eigenvalue weighted by atomic mass is 10.1. The van der Waals surface area contributed by atoms with Crippen LogP contribution in [0.5, 0.6) is 0 Å². The van der Waals surface area contributed by atoms with Gasteiger partial charge in [-0.2, -0.15) is 0 Å². The van der Waals surface area contributed by atoms with Gasteiger partial charge in [0, 0.05) is 12.6 Å². The van der Waals surface area contributed by atoms with Crippen molar-refractivity contribution in [2.24, 2.45) is 0 Å². The molecule has 1 aromatic rings. The van der Waals surface area contributed by atoms with E-state index in [-0.39, 0.29) is 11.3 Å². The largest absolute Gasteiger partial charge is 0.478 e. The number of nitrogens with two attached hydrogens (primary N) is 1. The number of pyridine rings is 1. The number of aromatic nitrogens is 1. The lowest BCUT2D eigenvalue weighted by Gasteiger charge is -2.30. The summed E-state index contributed by atoms with van der Waals surface area (Å²) in [4.78, 5) is 17.3. The van der Waals surface area contributed by atoms with Crippen LogP contribution in [0.2, 0.25) is 0 Å². The number of carboxylic acid groups (broad SMARTS) is 1. The standard InChI is InChI=1S/C12H18N4O2/c1-16-4-2-3-8(7-16)15-11-5-9(12(17)18)10(13)6-14-11/h5-6,8H,2-4,7,13H2,1H3,(H,14,15)(H,17,18). The number of likely N-dealkylation sites (tertiary alicyclic amines) is 1. The molecule has 98 valence electrons. The maximum absolute atomic E-state index is 11.0. The Morgan fingerprint density at radius 1 is 1.67 bits per heavy atom. The van der Waals surface area contributed by atoms with Crippen molar-refractivity contribution in [3.05, 3.63) is 17.8 Å². The van der Waals surface area contributed by atoms with Gasteiger partial charge in [0.05, 0.1) is 17.4 Å². The third-order valence-corrected chi connectivity index (χ3v) is 3.14. The van der Waals surface area contributed by atoms with Crippen LogP contribution >= 0.6 is 0 Å². The molecular formula is C12H18N4O2. The second kappa shape index (κ2) is 5.22. The molecule has 6 heteroatoms. The summed E-state index contributed by atoms with van der Waals surface area (Å²) in [7, 11) is 2.08. The Morgan fingerprint density at radius 2 is 2.44 bits per heavy atom. The van der Waals surface area contributed by atoms with Crippen molar-refractivity contribution < 1.29 is 9.90 Å². The molecule has 1 fully saturated rings. The summed E-state index contributed by atoms with van der Waals surface area (Å²) >= 11 is 0. The fourth-order valence-electron chi connectivity index (χ4n) is 2.22. The highest BCUT2D eigenvalue weighted by atomic mass is 16.4. The highest BCUT2D eigenvalue weighted by Crippen LogP contribution is 2.18. The summed E-state index contributed by atoms with van der Waals surface area (Å²) < 4.78 is 0. The van der Waals surface area contributed by atoms with Crippen LogP contribution in [0.1, 0.15) is 23.2 Å². The second-order valence-electron chi connectivity index (χ2n) is 4.71. The van der Waals surface area contributed by atoms with Gasteiger partial charge in [-0.3, -0.25) is 0 Å². The van der Waals surface area contributed by atoms with Crippen molar-refractivity contribution in [3.63, 3.8) is 0 Å². The quantitative estimate of drug-likeness (QED) is 0.737. The molecule has 4 N–H and O–H groups in total. The topological polar surface area (TPSA) is 91.5 Å². The first-order chi connectivity index (χ1) is 8.56. The first-order valence-corrected chi connectivity index (χ1v) is 6.00. The Morgan fingerprint density at radius 3 is 3.11 bits per heavy atom. The first-order valence-electron chi connectivity index (χ1n) is 6.00. The molecule has 1 aliphatic rings. The molecule has 1 aromatic heterocycles. The average Bonchev–Trinajstić information content (AvgIpc) is 2.31. The lowest BCUT2D eigenvalue weighted by molar-refractivity contribution is 0.0698. The van der Waals surface area contributed by atoms with Gasteiger partial charge in [0.2, 0.25) is 0 Å². The molecule has 18 heavy (non-hydrogen) atoms. The van der Waals surface area contributed by atoms with Gasteiger partial charge >= 0.3 is 5.97 Å². The van der Waals surface area contributed by atoms with E-state index in [9.17, 15) is 4.79 Å². The molecule has 1 aliphatic heterocycles. The van der Waals surface area contributed by atoms with Crippen molar-refractivity contribution >= 4 is 17.5 Å². The highest BCUT2D eigenvalue weighted by Gasteiger charge is 2.18. The van der Waals surface area contributed by atoms with E-state index in [1.54, 1.807) is 0 Å². The molecule has 1 unspecified atom stereocenters. The Bertz CT molecular complexity index is 450. The molecule has 0 spiro atoms. The van der Waals surface area contributed by atoms with Gasteiger partial charge in [0.25, 0.3) is 0 Å².